The fourth-order valence-electron chi connectivity index (χ4n) is 4.19. The van der Waals surface area contributed by atoms with Crippen molar-refractivity contribution in [1.82, 2.24) is 5.32 Å². The third kappa shape index (κ3) is 4.89. The van der Waals surface area contributed by atoms with Crippen LogP contribution in [0.2, 0.25) is 0 Å². The van der Waals surface area contributed by atoms with Crippen LogP contribution in [0.4, 0.5) is 0 Å². The molecule has 0 spiro atoms. The Morgan fingerprint density at radius 2 is 1.76 bits per heavy atom. The number of carboxylic acid groups (broad SMARTS) is 1. The van der Waals surface area contributed by atoms with Crippen LogP contribution in [-0.4, -0.2) is 17.6 Å². The van der Waals surface area contributed by atoms with Gasteiger partial charge in [0.15, 0.2) is 0 Å². The summed E-state index contributed by atoms with van der Waals surface area (Å²) in [6.07, 6.45) is 5.18. The normalized spacial score (nSPS) is 19.7. The van der Waals surface area contributed by atoms with Crippen LogP contribution in [0.25, 0.3) is 0 Å². The summed E-state index contributed by atoms with van der Waals surface area (Å²) in [6.45, 7) is 5.81. The van der Waals surface area contributed by atoms with Crippen LogP contribution in [0.3, 0.4) is 0 Å². The number of aliphatic carboxylic acids is 1. The molecule has 2 aliphatic rings. The quantitative estimate of drug-likeness (QED) is 0.723. The van der Waals surface area contributed by atoms with Gasteiger partial charge in [0.1, 0.15) is 0 Å². The van der Waals surface area contributed by atoms with Gasteiger partial charge in [0.05, 0.1) is 6.42 Å². The minimum Gasteiger partial charge on any atom is -0.481 e. The second-order valence-electron chi connectivity index (χ2n) is 9.15. The molecular formula is C26H29NO2. The van der Waals surface area contributed by atoms with Crippen molar-refractivity contribution in [3.8, 4) is 11.8 Å². The minimum absolute atomic E-state index is 0.0452. The van der Waals surface area contributed by atoms with E-state index in [4.69, 9.17) is 5.11 Å². The summed E-state index contributed by atoms with van der Waals surface area (Å²) < 4.78 is 0. The zero-order chi connectivity index (χ0) is 20.4. The first-order valence-corrected chi connectivity index (χ1v) is 10.6. The maximum Gasteiger partial charge on any atom is 0.307 e. The molecule has 0 radical (unpaired) electrons. The molecular weight excluding hydrogens is 358 g/mol. The van der Waals surface area contributed by atoms with Gasteiger partial charge in [0.2, 0.25) is 0 Å². The van der Waals surface area contributed by atoms with Crippen molar-refractivity contribution in [2.45, 2.75) is 57.4 Å². The lowest BCUT2D eigenvalue weighted by Crippen LogP contribution is -2.33. The van der Waals surface area contributed by atoms with Gasteiger partial charge in [-0.1, -0.05) is 43.9 Å². The van der Waals surface area contributed by atoms with E-state index in [0.717, 1.165) is 29.2 Å². The average Bonchev–Trinajstić information content (AvgIpc) is 3.51. The van der Waals surface area contributed by atoms with E-state index in [1.165, 1.54) is 36.8 Å². The summed E-state index contributed by atoms with van der Waals surface area (Å²) in [5, 5.41) is 12.7. The van der Waals surface area contributed by atoms with Crippen LogP contribution >= 0.6 is 0 Å². The Kier molecular flexibility index (Phi) is 5.48. The lowest BCUT2D eigenvalue weighted by Gasteiger charge is -2.37. The molecule has 1 unspecified atom stereocenters. The van der Waals surface area contributed by atoms with Crippen molar-refractivity contribution in [2.75, 3.05) is 6.54 Å². The summed E-state index contributed by atoms with van der Waals surface area (Å²) in [5.74, 6) is 6.59. The maximum atomic E-state index is 10.8. The number of nitrogens with one attached hydrogen (secondary N) is 1. The Morgan fingerprint density at radius 3 is 2.45 bits per heavy atom. The molecule has 3 heteroatoms. The van der Waals surface area contributed by atoms with Gasteiger partial charge in [-0.15, -0.1) is 0 Å². The zero-order valence-electron chi connectivity index (χ0n) is 17.3. The van der Waals surface area contributed by atoms with E-state index in [-0.39, 0.29) is 11.8 Å². The fraction of sp³-hybridized carbons (Fsp3) is 0.423. The van der Waals surface area contributed by atoms with Gasteiger partial charge in [-0.05, 0) is 84.5 Å². The topological polar surface area (TPSA) is 49.3 Å². The first kappa shape index (κ1) is 19.7. The molecule has 2 N–H and O–H groups in total. The fourth-order valence-corrected chi connectivity index (χ4v) is 4.19. The summed E-state index contributed by atoms with van der Waals surface area (Å²) >= 11 is 0. The van der Waals surface area contributed by atoms with Crippen molar-refractivity contribution in [3.63, 3.8) is 0 Å². The van der Waals surface area contributed by atoms with Crippen molar-refractivity contribution in [3.05, 3.63) is 70.3 Å². The highest BCUT2D eigenvalue weighted by Crippen LogP contribution is 2.42. The van der Waals surface area contributed by atoms with Crippen molar-refractivity contribution < 1.29 is 9.90 Å². The van der Waals surface area contributed by atoms with E-state index in [2.05, 4.69) is 49.2 Å². The number of carboxylic acids is 1. The Labute approximate surface area is 173 Å². The SMILES string of the molecule is CC1(C)CCC(NCC2CC2)c2ccc(C#Cc3ccc(CC(=O)O)cc3)cc21. The molecule has 1 saturated carbocycles. The monoisotopic (exact) mass is 387 g/mol. The third-order valence-electron chi connectivity index (χ3n) is 6.23. The summed E-state index contributed by atoms with van der Waals surface area (Å²) in [5.41, 5.74) is 5.76. The molecule has 0 aromatic heterocycles. The van der Waals surface area contributed by atoms with Crippen LogP contribution in [0.1, 0.15) is 73.4 Å². The maximum absolute atomic E-state index is 10.8. The number of rotatable bonds is 5. The predicted octanol–water partition coefficient (Wildman–Crippen LogP) is 4.83. The van der Waals surface area contributed by atoms with Crippen molar-refractivity contribution in [1.29, 1.82) is 0 Å². The second kappa shape index (κ2) is 8.05. The molecule has 150 valence electrons. The van der Waals surface area contributed by atoms with Gasteiger partial charge in [-0.3, -0.25) is 4.79 Å². The van der Waals surface area contributed by atoms with Gasteiger partial charge in [0.25, 0.3) is 0 Å². The van der Waals surface area contributed by atoms with Gasteiger partial charge < -0.3 is 10.4 Å². The standard InChI is InChI=1S/C26H29NO2/c1-26(2)14-13-24(27-17-21-9-10-21)22-12-11-19(15-23(22)26)6-3-18-4-7-20(8-5-18)16-25(28)29/h4-5,7-8,11-12,15,21,24,27H,9-10,13-14,16-17H2,1-2H3,(H,28,29). The van der Waals surface area contributed by atoms with Gasteiger partial charge in [0, 0.05) is 17.2 Å². The van der Waals surface area contributed by atoms with E-state index >= 15 is 0 Å². The van der Waals surface area contributed by atoms with Gasteiger partial charge in [-0.2, -0.15) is 0 Å². The van der Waals surface area contributed by atoms with Crippen LogP contribution in [0.15, 0.2) is 42.5 Å². The average molecular weight is 388 g/mol. The second-order valence-corrected chi connectivity index (χ2v) is 9.15. The van der Waals surface area contributed by atoms with E-state index < -0.39 is 5.97 Å². The highest BCUT2D eigenvalue weighted by molar-refractivity contribution is 5.70. The molecule has 2 aromatic rings. The van der Waals surface area contributed by atoms with Crippen LogP contribution in [0.5, 0.6) is 0 Å². The number of hydrogen-bond acceptors (Lipinski definition) is 2. The number of fused-ring (bicyclic) bond motifs is 1. The summed E-state index contributed by atoms with van der Waals surface area (Å²) in [6, 6.07) is 14.6. The molecule has 1 fully saturated rings. The molecule has 3 nitrogen and oxygen atoms in total. The Balaban J connectivity index is 1.54. The molecule has 0 saturated heterocycles. The lowest BCUT2D eigenvalue weighted by molar-refractivity contribution is -0.136. The molecule has 4 rings (SSSR count). The zero-order valence-corrected chi connectivity index (χ0v) is 17.3. The van der Waals surface area contributed by atoms with Gasteiger partial charge >= 0.3 is 5.97 Å². The molecule has 1 atom stereocenters. The first-order chi connectivity index (χ1) is 13.9. The molecule has 0 bridgehead atoms. The number of benzene rings is 2. The van der Waals surface area contributed by atoms with Crippen molar-refractivity contribution in [2.24, 2.45) is 5.92 Å². The van der Waals surface area contributed by atoms with Gasteiger partial charge in [-0.25, -0.2) is 0 Å². The van der Waals surface area contributed by atoms with E-state index in [1.807, 2.05) is 24.3 Å². The number of carbonyl (C=O) groups is 1. The molecule has 29 heavy (non-hydrogen) atoms. The summed E-state index contributed by atoms with van der Waals surface area (Å²) in [4.78, 5) is 10.8. The summed E-state index contributed by atoms with van der Waals surface area (Å²) in [7, 11) is 0. The third-order valence-corrected chi connectivity index (χ3v) is 6.23. The van der Waals surface area contributed by atoms with Crippen LogP contribution < -0.4 is 5.32 Å². The number of hydrogen-bond donors (Lipinski definition) is 2. The highest BCUT2D eigenvalue weighted by atomic mass is 16.4. The molecule has 2 aliphatic carbocycles. The Hall–Kier alpha value is -2.57. The molecule has 2 aromatic carbocycles. The van der Waals surface area contributed by atoms with Crippen LogP contribution in [0, 0.1) is 17.8 Å². The highest BCUT2D eigenvalue weighted by Gasteiger charge is 2.33. The van der Waals surface area contributed by atoms with E-state index in [0.29, 0.717) is 6.04 Å². The largest absolute Gasteiger partial charge is 0.481 e. The minimum atomic E-state index is -0.814. The predicted molar refractivity (Wildman–Crippen MR) is 116 cm³/mol. The molecule has 0 heterocycles. The van der Waals surface area contributed by atoms with E-state index in [1.54, 1.807) is 0 Å². The van der Waals surface area contributed by atoms with E-state index in [9.17, 15) is 4.79 Å². The molecule has 0 amide bonds. The first-order valence-electron chi connectivity index (χ1n) is 10.6. The lowest BCUT2D eigenvalue weighted by atomic mass is 9.70. The Bertz CT molecular complexity index is 958. The Morgan fingerprint density at radius 1 is 1.07 bits per heavy atom. The molecule has 0 aliphatic heterocycles. The smallest absolute Gasteiger partial charge is 0.307 e. The van der Waals surface area contributed by atoms with Crippen molar-refractivity contribution >= 4 is 5.97 Å². The van der Waals surface area contributed by atoms with Crippen LogP contribution in [-0.2, 0) is 16.6 Å².